The van der Waals surface area contributed by atoms with Gasteiger partial charge in [0.25, 0.3) is 0 Å². The Labute approximate surface area is 82.2 Å². The average Bonchev–Trinajstić information content (AvgIpc) is 2.61. The first-order valence-electron chi connectivity index (χ1n) is 4.16. The molecule has 0 radical (unpaired) electrons. The molecule has 0 spiro atoms. The lowest BCUT2D eigenvalue weighted by molar-refractivity contribution is 0.109. The standard InChI is InChI=1S/C8H13ClN2O2/c1-6(12-2)3-4-8-10-7(5-9)11-13-8/h6H,3-5H2,1-2H3. The molecule has 0 aliphatic rings. The van der Waals surface area contributed by atoms with Gasteiger partial charge in [-0.2, -0.15) is 4.98 Å². The monoisotopic (exact) mass is 204 g/mol. The molecular weight excluding hydrogens is 192 g/mol. The molecule has 1 atom stereocenters. The molecule has 0 aliphatic carbocycles. The second kappa shape index (κ2) is 5.19. The summed E-state index contributed by atoms with van der Waals surface area (Å²) in [6.45, 7) is 2.00. The predicted octanol–water partition coefficient (Wildman–Crippen LogP) is 1.78. The van der Waals surface area contributed by atoms with Crippen molar-refractivity contribution >= 4 is 11.6 Å². The Morgan fingerprint density at radius 1 is 1.62 bits per heavy atom. The molecule has 1 heterocycles. The average molecular weight is 205 g/mol. The van der Waals surface area contributed by atoms with E-state index < -0.39 is 0 Å². The van der Waals surface area contributed by atoms with Crippen molar-refractivity contribution in [3.05, 3.63) is 11.7 Å². The van der Waals surface area contributed by atoms with Crippen molar-refractivity contribution in [1.29, 1.82) is 0 Å². The van der Waals surface area contributed by atoms with Crippen molar-refractivity contribution < 1.29 is 9.26 Å². The van der Waals surface area contributed by atoms with E-state index in [2.05, 4.69) is 10.1 Å². The number of halogens is 1. The maximum atomic E-state index is 5.52. The molecule has 4 nitrogen and oxygen atoms in total. The highest BCUT2D eigenvalue weighted by Gasteiger charge is 2.07. The van der Waals surface area contributed by atoms with E-state index in [1.165, 1.54) is 0 Å². The van der Waals surface area contributed by atoms with Gasteiger partial charge in [-0.05, 0) is 13.3 Å². The highest BCUT2D eigenvalue weighted by molar-refractivity contribution is 6.16. The van der Waals surface area contributed by atoms with Crippen molar-refractivity contribution in [3.8, 4) is 0 Å². The molecule has 5 heteroatoms. The van der Waals surface area contributed by atoms with Gasteiger partial charge in [-0.1, -0.05) is 5.16 Å². The molecular formula is C8H13ClN2O2. The Morgan fingerprint density at radius 3 is 2.92 bits per heavy atom. The summed E-state index contributed by atoms with van der Waals surface area (Å²) in [5.74, 6) is 1.46. The zero-order chi connectivity index (χ0) is 9.68. The lowest BCUT2D eigenvalue weighted by Gasteiger charge is -2.05. The van der Waals surface area contributed by atoms with Crippen LogP contribution in [0.3, 0.4) is 0 Å². The van der Waals surface area contributed by atoms with Gasteiger partial charge in [0, 0.05) is 13.5 Å². The fraction of sp³-hybridized carbons (Fsp3) is 0.750. The zero-order valence-corrected chi connectivity index (χ0v) is 8.54. The van der Waals surface area contributed by atoms with Crippen LogP contribution in [0.15, 0.2) is 4.52 Å². The summed E-state index contributed by atoms with van der Waals surface area (Å²) in [6.07, 6.45) is 1.82. The molecule has 0 saturated carbocycles. The number of methoxy groups -OCH3 is 1. The molecule has 0 aliphatic heterocycles. The van der Waals surface area contributed by atoms with Crippen LogP contribution < -0.4 is 0 Å². The molecule has 74 valence electrons. The van der Waals surface area contributed by atoms with Crippen LogP contribution in [0, 0.1) is 0 Å². The highest BCUT2D eigenvalue weighted by Crippen LogP contribution is 2.06. The summed E-state index contributed by atoms with van der Waals surface area (Å²) in [7, 11) is 1.68. The Morgan fingerprint density at radius 2 is 2.38 bits per heavy atom. The molecule has 13 heavy (non-hydrogen) atoms. The van der Waals surface area contributed by atoms with Gasteiger partial charge in [0.1, 0.15) is 0 Å². The molecule has 1 aromatic heterocycles. The predicted molar refractivity (Wildman–Crippen MR) is 48.6 cm³/mol. The van der Waals surface area contributed by atoms with Gasteiger partial charge in [0.2, 0.25) is 5.89 Å². The molecule has 1 aromatic rings. The summed E-state index contributed by atoms with van der Waals surface area (Å²) in [6, 6.07) is 0. The minimum Gasteiger partial charge on any atom is -0.382 e. The second-order valence-corrected chi connectivity index (χ2v) is 3.09. The van der Waals surface area contributed by atoms with Gasteiger partial charge in [-0.25, -0.2) is 0 Å². The van der Waals surface area contributed by atoms with Gasteiger partial charge in [0.15, 0.2) is 5.82 Å². The van der Waals surface area contributed by atoms with Crippen molar-refractivity contribution in [2.24, 2.45) is 0 Å². The van der Waals surface area contributed by atoms with Gasteiger partial charge >= 0.3 is 0 Å². The summed E-state index contributed by atoms with van der Waals surface area (Å²) in [4.78, 5) is 4.07. The van der Waals surface area contributed by atoms with Crippen molar-refractivity contribution in [1.82, 2.24) is 10.1 Å². The maximum absolute atomic E-state index is 5.52. The van der Waals surface area contributed by atoms with Crippen LogP contribution in [0.25, 0.3) is 0 Å². The quantitative estimate of drug-likeness (QED) is 0.686. The normalized spacial score (nSPS) is 13.2. The molecule has 0 fully saturated rings. The third-order valence-electron chi connectivity index (χ3n) is 1.80. The van der Waals surface area contributed by atoms with E-state index in [9.17, 15) is 0 Å². The van der Waals surface area contributed by atoms with Crippen LogP contribution in [-0.4, -0.2) is 23.4 Å². The summed E-state index contributed by atoms with van der Waals surface area (Å²) in [5, 5.41) is 3.68. The second-order valence-electron chi connectivity index (χ2n) is 2.82. The van der Waals surface area contributed by atoms with E-state index in [4.69, 9.17) is 20.9 Å². The van der Waals surface area contributed by atoms with E-state index in [1.807, 2.05) is 6.92 Å². The third kappa shape index (κ3) is 3.32. The van der Waals surface area contributed by atoms with Crippen LogP contribution in [0.4, 0.5) is 0 Å². The van der Waals surface area contributed by atoms with Crippen LogP contribution in [0.5, 0.6) is 0 Å². The van der Waals surface area contributed by atoms with Gasteiger partial charge in [-0.3, -0.25) is 0 Å². The third-order valence-corrected chi connectivity index (χ3v) is 2.04. The van der Waals surface area contributed by atoms with E-state index in [0.29, 0.717) is 17.6 Å². The fourth-order valence-electron chi connectivity index (χ4n) is 0.891. The first kappa shape index (κ1) is 10.5. The Balaban J connectivity index is 2.36. The Bertz CT molecular complexity index is 252. The molecule has 1 rings (SSSR count). The minimum absolute atomic E-state index is 0.214. The fourth-order valence-corrected chi connectivity index (χ4v) is 0.999. The van der Waals surface area contributed by atoms with Crippen molar-refractivity contribution in [2.45, 2.75) is 31.7 Å². The lowest BCUT2D eigenvalue weighted by Crippen LogP contribution is -2.05. The number of hydrogen-bond acceptors (Lipinski definition) is 4. The number of aromatic nitrogens is 2. The Kier molecular flexibility index (Phi) is 4.18. The molecule has 0 aromatic carbocycles. The molecule has 0 bridgehead atoms. The smallest absolute Gasteiger partial charge is 0.226 e. The molecule has 0 amide bonds. The highest BCUT2D eigenvalue weighted by atomic mass is 35.5. The topological polar surface area (TPSA) is 48.2 Å². The van der Waals surface area contributed by atoms with E-state index in [-0.39, 0.29) is 6.10 Å². The number of alkyl halides is 1. The summed E-state index contributed by atoms with van der Waals surface area (Å²) in [5.41, 5.74) is 0. The number of ether oxygens (including phenoxy) is 1. The largest absolute Gasteiger partial charge is 0.382 e. The van der Waals surface area contributed by atoms with Gasteiger partial charge in [-0.15, -0.1) is 11.6 Å². The van der Waals surface area contributed by atoms with Crippen molar-refractivity contribution in [2.75, 3.05) is 7.11 Å². The molecule has 0 N–H and O–H groups in total. The lowest BCUT2D eigenvalue weighted by atomic mass is 10.2. The summed E-state index contributed by atoms with van der Waals surface area (Å²) >= 11 is 5.52. The van der Waals surface area contributed by atoms with E-state index in [1.54, 1.807) is 7.11 Å². The molecule has 1 unspecified atom stereocenters. The van der Waals surface area contributed by atoms with Crippen molar-refractivity contribution in [3.63, 3.8) is 0 Å². The van der Waals surface area contributed by atoms with Crippen LogP contribution in [0.2, 0.25) is 0 Å². The number of rotatable bonds is 5. The van der Waals surface area contributed by atoms with Crippen LogP contribution in [0.1, 0.15) is 25.1 Å². The van der Waals surface area contributed by atoms with E-state index >= 15 is 0 Å². The first-order chi connectivity index (χ1) is 6.26. The first-order valence-corrected chi connectivity index (χ1v) is 4.70. The van der Waals surface area contributed by atoms with Gasteiger partial charge in [0.05, 0.1) is 12.0 Å². The zero-order valence-electron chi connectivity index (χ0n) is 7.79. The van der Waals surface area contributed by atoms with Crippen LogP contribution in [-0.2, 0) is 17.0 Å². The Hall–Kier alpha value is -0.610. The number of hydrogen-bond donors (Lipinski definition) is 0. The van der Waals surface area contributed by atoms with Gasteiger partial charge < -0.3 is 9.26 Å². The number of nitrogens with zero attached hydrogens (tertiary/aromatic N) is 2. The molecule has 0 saturated heterocycles. The van der Waals surface area contributed by atoms with Crippen LogP contribution >= 0.6 is 11.6 Å². The minimum atomic E-state index is 0.214. The van der Waals surface area contributed by atoms with E-state index in [0.717, 1.165) is 12.8 Å². The number of aryl methyl sites for hydroxylation is 1. The SMILES string of the molecule is COC(C)CCc1nc(CCl)no1. The maximum Gasteiger partial charge on any atom is 0.226 e. The summed E-state index contributed by atoms with van der Waals surface area (Å²) < 4.78 is 10.0.